The van der Waals surface area contributed by atoms with Gasteiger partial charge in [0, 0.05) is 26.2 Å². The van der Waals surface area contributed by atoms with Crippen molar-refractivity contribution >= 4 is 36.2 Å². The van der Waals surface area contributed by atoms with Gasteiger partial charge in [0.05, 0.1) is 10.6 Å². The number of hydrogen-bond donors (Lipinski definition) is 1. The molecule has 0 radical (unpaired) electrons. The number of benzene rings is 1. The summed E-state index contributed by atoms with van der Waals surface area (Å²) in [6.07, 6.45) is 2.76. The molecule has 0 saturated carbocycles. The van der Waals surface area contributed by atoms with Gasteiger partial charge < -0.3 is 10.2 Å². The molecular formula is C18H23Cl2N3OS. The van der Waals surface area contributed by atoms with Crippen LogP contribution >= 0.6 is 36.2 Å². The zero-order chi connectivity index (χ0) is 15.9. The van der Waals surface area contributed by atoms with E-state index in [-0.39, 0.29) is 24.8 Å². The molecule has 3 rings (SSSR count). The molecule has 2 aromatic heterocycles. The van der Waals surface area contributed by atoms with E-state index in [1.165, 1.54) is 5.56 Å². The summed E-state index contributed by atoms with van der Waals surface area (Å²) in [4.78, 5) is 7.97. The van der Waals surface area contributed by atoms with Gasteiger partial charge >= 0.3 is 0 Å². The molecule has 0 fully saturated rings. The standard InChI is InChI=1S/C18H21N3OS.2ClH/c19-9-11-21(10-8-15-5-2-1-3-6-15)13-16-14-22-18(20-16)17-7-4-12-23-17;;/h1-7,12,14H,8-11,13,19H2;2*1H. The molecule has 0 spiro atoms. The highest BCUT2D eigenvalue weighted by molar-refractivity contribution is 7.13. The van der Waals surface area contributed by atoms with E-state index in [9.17, 15) is 0 Å². The van der Waals surface area contributed by atoms with Crippen molar-refractivity contribution in [2.75, 3.05) is 19.6 Å². The van der Waals surface area contributed by atoms with E-state index in [4.69, 9.17) is 10.2 Å². The number of nitrogens with zero attached hydrogens (tertiary/aromatic N) is 2. The smallest absolute Gasteiger partial charge is 0.236 e. The van der Waals surface area contributed by atoms with Crippen molar-refractivity contribution < 1.29 is 4.42 Å². The van der Waals surface area contributed by atoms with Crippen LogP contribution in [-0.4, -0.2) is 29.5 Å². The van der Waals surface area contributed by atoms with E-state index < -0.39 is 0 Å². The van der Waals surface area contributed by atoms with E-state index >= 15 is 0 Å². The maximum absolute atomic E-state index is 5.75. The topological polar surface area (TPSA) is 55.3 Å². The van der Waals surface area contributed by atoms with Crippen LogP contribution in [0.5, 0.6) is 0 Å². The Kier molecular flexibility index (Phi) is 9.78. The molecule has 0 amide bonds. The van der Waals surface area contributed by atoms with Crippen LogP contribution in [0.15, 0.2) is 58.5 Å². The molecule has 3 aromatic rings. The van der Waals surface area contributed by atoms with E-state index in [0.29, 0.717) is 12.4 Å². The van der Waals surface area contributed by atoms with Crippen molar-refractivity contribution in [3.05, 3.63) is 65.4 Å². The first-order valence-corrected chi connectivity index (χ1v) is 8.68. The second-order valence-electron chi connectivity index (χ2n) is 5.42. The van der Waals surface area contributed by atoms with Crippen LogP contribution in [0.3, 0.4) is 0 Å². The van der Waals surface area contributed by atoms with Gasteiger partial charge in [0.25, 0.3) is 0 Å². The van der Waals surface area contributed by atoms with Gasteiger partial charge in [-0.3, -0.25) is 4.90 Å². The first-order valence-electron chi connectivity index (χ1n) is 7.80. The molecule has 136 valence electrons. The average molecular weight is 400 g/mol. The molecule has 0 aliphatic rings. The Bertz CT molecular complexity index is 704. The first-order chi connectivity index (χ1) is 11.3. The summed E-state index contributed by atoms with van der Waals surface area (Å²) >= 11 is 1.64. The van der Waals surface area contributed by atoms with Crippen molar-refractivity contribution in [2.24, 2.45) is 5.73 Å². The third kappa shape index (κ3) is 6.45. The van der Waals surface area contributed by atoms with E-state index in [1.54, 1.807) is 17.6 Å². The molecule has 4 nitrogen and oxygen atoms in total. The van der Waals surface area contributed by atoms with Gasteiger partial charge in [-0.2, -0.15) is 0 Å². The minimum atomic E-state index is 0. The molecule has 0 atom stereocenters. The molecule has 0 aliphatic heterocycles. The summed E-state index contributed by atoms with van der Waals surface area (Å²) in [6, 6.07) is 14.5. The maximum Gasteiger partial charge on any atom is 0.236 e. The largest absolute Gasteiger partial charge is 0.444 e. The highest BCUT2D eigenvalue weighted by Crippen LogP contribution is 2.24. The molecule has 7 heteroatoms. The number of aromatic nitrogens is 1. The molecule has 0 aliphatic carbocycles. The van der Waals surface area contributed by atoms with E-state index in [2.05, 4.69) is 34.1 Å². The molecule has 0 bridgehead atoms. The van der Waals surface area contributed by atoms with Crippen molar-refractivity contribution in [2.45, 2.75) is 13.0 Å². The summed E-state index contributed by atoms with van der Waals surface area (Å²) in [5, 5.41) is 2.03. The summed E-state index contributed by atoms with van der Waals surface area (Å²) in [7, 11) is 0. The Labute approximate surface area is 164 Å². The monoisotopic (exact) mass is 399 g/mol. The Morgan fingerprint density at radius 3 is 2.52 bits per heavy atom. The molecule has 0 unspecified atom stereocenters. The van der Waals surface area contributed by atoms with Crippen LogP contribution in [0.1, 0.15) is 11.3 Å². The molecule has 2 N–H and O–H groups in total. The number of oxazole rings is 1. The summed E-state index contributed by atoms with van der Waals surface area (Å²) in [5.74, 6) is 0.700. The quantitative estimate of drug-likeness (QED) is 0.614. The maximum atomic E-state index is 5.75. The fraction of sp³-hybridized carbons (Fsp3) is 0.278. The lowest BCUT2D eigenvalue weighted by Gasteiger charge is -2.20. The van der Waals surface area contributed by atoms with Crippen molar-refractivity contribution in [3.8, 4) is 10.8 Å². The van der Waals surface area contributed by atoms with Gasteiger partial charge in [0.2, 0.25) is 5.89 Å². The van der Waals surface area contributed by atoms with Gasteiger partial charge in [0.15, 0.2) is 0 Å². The zero-order valence-corrected chi connectivity index (χ0v) is 16.3. The second-order valence-corrected chi connectivity index (χ2v) is 6.37. The third-order valence-electron chi connectivity index (χ3n) is 3.67. The molecular weight excluding hydrogens is 377 g/mol. The van der Waals surface area contributed by atoms with Gasteiger partial charge in [-0.15, -0.1) is 36.2 Å². The summed E-state index contributed by atoms with van der Waals surface area (Å²) in [6.45, 7) is 3.22. The Morgan fingerprint density at radius 1 is 1.04 bits per heavy atom. The minimum absolute atomic E-state index is 0. The Balaban J connectivity index is 0.00000156. The predicted octanol–water partition coefficient (Wildman–Crippen LogP) is 4.25. The SMILES string of the molecule is Cl.Cl.NCCN(CCc1ccccc1)Cc1coc(-c2cccs2)n1. The van der Waals surface area contributed by atoms with Crippen molar-refractivity contribution in [3.63, 3.8) is 0 Å². The van der Waals surface area contributed by atoms with Crippen LogP contribution in [0.4, 0.5) is 0 Å². The number of nitrogens with two attached hydrogens (primary N) is 1. The van der Waals surface area contributed by atoms with E-state index in [1.807, 2.05) is 23.6 Å². The number of hydrogen-bond acceptors (Lipinski definition) is 5. The van der Waals surface area contributed by atoms with E-state index in [0.717, 1.165) is 36.6 Å². The molecule has 25 heavy (non-hydrogen) atoms. The first kappa shape index (κ1) is 21.7. The highest BCUT2D eigenvalue weighted by Gasteiger charge is 2.11. The normalized spacial score (nSPS) is 10.3. The number of rotatable bonds is 8. The third-order valence-corrected chi connectivity index (χ3v) is 4.53. The minimum Gasteiger partial charge on any atom is -0.444 e. The van der Waals surface area contributed by atoms with Gasteiger partial charge in [-0.25, -0.2) is 4.98 Å². The lowest BCUT2D eigenvalue weighted by Crippen LogP contribution is -2.31. The number of halogens is 2. The van der Waals surface area contributed by atoms with Gasteiger partial charge in [-0.1, -0.05) is 36.4 Å². The fourth-order valence-electron chi connectivity index (χ4n) is 2.51. The average Bonchev–Trinajstić information content (AvgIpc) is 3.25. The lowest BCUT2D eigenvalue weighted by molar-refractivity contribution is 0.273. The Morgan fingerprint density at radius 2 is 1.84 bits per heavy atom. The summed E-state index contributed by atoms with van der Waals surface area (Å²) in [5.41, 5.74) is 8.05. The highest BCUT2D eigenvalue weighted by atomic mass is 35.5. The van der Waals surface area contributed by atoms with Gasteiger partial charge in [0.1, 0.15) is 6.26 Å². The fourth-order valence-corrected chi connectivity index (χ4v) is 3.16. The van der Waals surface area contributed by atoms with Crippen LogP contribution < -0.4 is 5.73 Å². The number of thiophene rings is 1. The second kappa shape index (κ2) is 11.3. The molecule has 2 heterocycles. The zero-order valence-electron chi connectivity index (χ0n) is 13.8. The van der Waals surface area contributed by atoms with Crippen LogP contribution in [0.25, 0.3) is 10.8 Å². The van der Waals surface area contributed by atoms with Crippen LogP contribution in [-0.2, 0) is 13.0 Å². The van der Waals surface area contributed by atoms with Crippen LogP contribution in [0, 0.1) is 0 Å². The van der Waals surface area contributed by atoms with Crippen molar-refractivity contribution in [1.82, 2.24) is 9.88 Å². The molecule has 0 saturated heterocycles. The lowest BCUT2D eigenvalue weighted by atomic mass is 10.1. The predicted molar refractivity (Wildman–Crippen MR) is 109 cm³/mol. The van der Waals surface area contributed by atoms with Crippen LogP contribution in [0.2, 0.25) is 0 Å². The Hall–Kier alpha value is -1.37. The molecule has 1 aromatic carbocycles. The summed E-state index contributed by atoms with van der Waals surface area (Å²) < 4.78 is 5.59. The van der Waals surface area contributed by atoms with Gasteiger partial charge in [-0.05, 0) is 23.4 Å². The van der Waals surface area contributed by atoms with Crippen molar-refractivity contribution in [1.29, 1.82) is 0 Å².